The predicted octanol–water partition coefficient (Wildman–Crippen LogP) is 3.14. The number of nitrogens with one attached hydrogen (secondary N) is 1. The van der Waals surface area contributed by atoms with Crippen molar-refractivity contribution < 1.29 is 14.8 Å². The van der Waals surface area contributed by atoms with Crippen LogP contribution < -0.4 is 5.32 Å². The molecule has 1 aromatic rings. The SMILES string of the molecule is CC(C)(C)CC(CNc1ccccc1[N+](=O)[O-])C(=O)O. The van der Waals surface area contributed by atoms with Crippen molar-refractivity contribution in [1.29, 1.82) is 0 Å². The fourth-order valence-electron chi connectivity index (χ4n) is 2.00. The second-order valence-electron chi connectivity index (χ2n) is 5.96. The molecule has 2 N–H and O–H groups in total. The molecule has 6 heteroatoms. The average Bonchev–Trinajstić information content (AvgIpc) is 2.33. The van der Waals surface area contributed by atoms with Crippen molar-refractivity contribution in [2.45, 2.75) is 27.2 Å². The lowest BCUT2D eigenvalue weighted by molar-refractivity contribution is -0.384. The minimum atomic E-state index is -0.897. The summed E-state index contributed by atoms with van der Waals surface area (Å²) in [5.41, 5.74) is 0.179. The number of hydrogen-bond acceptors (Lipinski definition) is 4. The highest BCUT2D eigenvalue weighted by Crippen LogP contribution is 2.27. The van der Waals surface area contributed by atoms with E-state index in [9.17, 15) is 20.0 Å². The number of hydrogen-bond donors (Lipinski definition) is 2. The van der Waals surface area contributed by atoms with Crippen LogP contribution in [0.25, 0.3) is 0 Å². The molecule has 0 radical (unpaired) electrons. The van der Waals surface area contributed by atoms with Crippen LogP contribution >= 0.6 is 0 Å². The Bertz CT molecular complexity index is 494. The Morgan fingerprint density at radius 1 is 1.40 bits per heavy atom. The second-order valence-corrected chi connectivity index (χ2v) is 5.96. The van der Waals surface area contributed by atoms with Crippen molar-refractivity contribution in [3.05, 3.63) is 34.4 Å². The molecule has 0 spiro atoms. The van der Waals surface area contributed by atoms with Crippen LogP contribution in [0.4, 0.5) is 11.4 Å². The lowest BCUT2D eigenvalue weighted by Gasteiger charge is -2.23. The third-order valence-corrected chi connectivity index (χ3v) is 2.85. The second kappa shape index (κ2) is 6.36. The van der Waals surface area contributed by atoms with E-state index in [0.29, 0.717) is 12.1 Å². The van der Waals surface area contributed by atoms with Gasteiger partial charge in [0.15, 0.2) is 0 Å². The zero-order valence-electron chi connectivity index (χ0n) is 11.9. The Balaban J connectivity index is 2.78. The maximum atomic E-state index is 11.2. The number of nitro benzene ring substituents is 1. The van der Waals surface area contributed by atoms with Crippen molar-refractivity contribution in [1.82, 2.24) is 0 Å². The van der Waals surface area contributed by atoms with Gasteiger partial charge in [0, 0.05) is 12.6 Å². The number of nitro groups is 1. The summed E-state index contributed by atoms with van der Waals surface area (Å²) in [4.78, 5) is 21.6. The molecule has 1 aromatic carbocycles. The van der Waals surface area contributed by atoms with Crippen LogP contribution in [0.3, 0.4) is 0 Å². The topological polar surface area (TPSA) is 92.5 Å². The van der Waals surface area contributed by atoms with E-state index < -0.39 is 16.8 Å². The summed E-state index contributed by atoms with van der Waals surface area (Å²) in [6.07, 6.45) is 0.496. The number of aliphatic carboxylic acids is 1. The Labute approximate surface area is 118 Å². The first kappa shape index (κ1) is 15.9. The monoisotopic (exact) mass is 280 g/mol. The number of nitrogens with zero attached hydrogens (tertiary/aromatic N) is 1. The highest BCUT2D eigenvalue weighted by atomic mass is 16.6. The van der Waals surface area contributed by atoms with E-state index in [-0.39, 0.29) is 17.6 Å². The van der Waals surface area contributed by atoms with Gasteiger partial charge in [0.1, 0.15) is 5.69 Å². The van der Waals surface area contributed by atoms with Gasteiger partial charge in [0.25, 0.3) is 5.69 Å². The van der Waals surface area contributed by atoms with Crippen LogP contribution in [0.15, 0.2) is 24.3 Å². The standard InChI is InChI=1S/C14H20N2O4/c1-14(2,3)8-10(13(17)18)9-15-11-6-4-5-7-12(11)16(19)20/h4-7,10,15H,8-9H2,1-3H3,(H,17,18). The highest BCUT2D eigenvalue weighted by Gasteiger charge is 2.25. The Morgan fingerprint density at radius 3 is 2.50 bits per heavy atom. The number of carboxylic acid groups (broad SMARTS) is 1. The molecule has 1 unspecified atom stereocenters. The molecule has 0 saturated carbocycles. The fourth-order valence-corrected chi connectivity index (χ4v) is 2.00. The van der Waals surface area contributed by atoms with E-state index in [0.717, 1.165) is 0 Å². The van der Waals surface area contributed by atoms with E-state index in [2.05, 4.69) is 5.32 Å². The number of rotatable bonds is 6. The molecule has 0 aliphatic carbocycles. The van der Waals surface area contributed by atoms with Gasteiger partial charge in [-0.1, -0.05) is 32.9 Å². The van der Waals surface area contributed by atoms with Gasteiger partial charge in [-0.25, -0.2) is 0 Å². The van der Waals surface area contributed by atoms with E-state index in [4.69, 9.17) is 0 Å². The maximum absolute atomic E-state index is 11.2. The Morgan fingerprint density at radius 2 is 2.00 bits per heavy atom. The molecule has 1 rings (SSSR count). The Kier molecular flexibility index (Phi) is 5.07. The zero-order chi connectivity index (χ0) is 15.3. The summed E-state index contributed by atoms with van der Waals surface area (Å²) in [5.74, 6) is -1.49. The van der Waals surface area contributed by atoms with Crippen LogP contribution in [0, 0.1) is 21.4 Å². The molecule has 0 fully saturated rings. The lowest BCUT2D eigenvalue weighted by atomic mass is 9.84. The van der Waals surface area contributed by atoms with Crippen molar-refractivity contribution in [3.8, 4) is 0 Å². The van der Waals surface area contributed by atoms with Gasteiger partial charge < -0.3 is 10.4 Å². The van der Waals surface area contributed by atoms with Crippen LogP contribution in [0.2, 0.25) is 0 Å². The summed E-state index contributed by atoms with van der Waals surface area (Å²) < 4.78 is 0. The number of carbonyl (C=O) groups is 1. The summed E-state index contributed by atoms with van der Waals surface area (Å²) in [5, 5.41) is 23.0. The molecule has 0 heterocycles. The number of carboxylic acids is 1. The average molecular weight is 280 g/mol. The molecule has 0 aliphatic heterocycles. The molecule has 0 aliphatic rings. The minimum absolute atomic E-state index is 0.0487. The van der Waals surface area contributed by atoms with Crippen molar-refractivity contribution >= 4 is 17.3 Å². The number of anilines is 1. The lowest BCUT2D eigenvalue weighted by Crippen LogP contribution is -2.27. The quantitative estimate of drug-likeness (QED) is 0.617. The van der Waals surface area contributed by atoms with Crippen LogP contribution in [0.5, 0.6) is 0 Å². The van der Waals surface area contributed by atoms with Crippen molar-refractivity contribution in [2.75, 3.05) is 11.9 Å². The first-order valence-corrected chi connectivity index (χ1v) is 6.41. The van der Waals surface area contributed by atoms with Gasteiger partial charge in [-0.15, -0.1) is 0 Å². The third-order valence-electron chi connectivity index (χ3n) is 2.85. The number of benzene rings is 1. The third kappa shape index (κ3) is 4.87. The normalized spacial score (nSPS) is 12.8. The largest absolute Gasteiger partial charge is 0.481 e. The van der Waals surface area contributed by atoms with E-state index in [1.165, 1.54) is 6.07 Å². The van der Waals surface area contributed by atoms with Crippen molar-refractivity contribution in [3.63, 3.8) is 0 Å². The van der Waals surface area contributed by atoms with Gasteiger partial charge in [0.2, 0.25) is 0 Å². The first-order chi connectivity index (χ1) is 9.20. The zero-order valence-corrected chi connectivity index (χ0v) is 11.9. The summed E-state index contributed by atoms with van der Waals surface area (Å²) in [6, 6.07) is 6.22. The summed E-state index contributed by atoms with van der Waals surface area (Å²) >= 11 is 0. The Hall–Kier alpha value is -2.11. The maximum Gasteiger partial charge on any atom is 0.308 e. The molecule has 0 amide bonds. The van der Waals surface area contributed by atoms with E-state index in [1.807, 2.05) is 20.8 Å². The molecule has 20 heavy (non-hydrogen) atoms. The number of para-hydroxylation sites is 2. The molecule has 0 aromatic heterocycles. The van der Waals surface area contributed by atoms with Crippen molar-refractivity contribution in [2.24, 2.45) is 11.3 Å². The first-order valence-electron chi connectivity index (χ1n) is 6.41. The van der Waals surface area contributed by atoms with Gasteiger partial charge >= 0.3 is 5.97 Å². The predicted molar refractivity (Wildman–Crippen MR) is 76.8 cm³/mol. The van der Waals surface area contributed by atoms with E-state index in [1.54, 1.807) is 18.2 Å². The van der Waals surface area contributed by atoms with Crippen LogP contribution in [0.1, 0.15) is 27.2 Å². The van der Waals surface area contributed by atoms with Gasteiger partial charge in [0.05, 0.1) is 10.8 Å². The summed E-state index contributed by atoms with van der Waals surface area (Å²) in [7, 11) is 0. The summed E-state index contributed by atoms with van der Waals surface area (Å²) in [6.45, 7) is 6.06. The van der Waals surface area contributed by atoms with E-state index >= 15 is 0 Å². The molecule has 1 atom stereocenters. The molecule has 110 valence electrons. The van der Waals surface area contributed by atoms with Gasteiger partial charge in [-0.05, 0) is 17.9 Å². The van der Waals surface area contributed by atoms with Gasteiger partial charge in [-0.3, -0.25) is 14.9 Å². The van der Waals surface area contributed by atoms with Gasteiger partial charge in [-0.2, -0.15) is 0 Å². The molecule has 6 nitrogen and oxygen atoms in total. The highest BCUT2D eigenvalue weighted by molar-refractivity contribution is 5.71. The molecular weight excluding hydrogens is 260 g/mol. The fraction of sp³-hybridized carbons (Fsp3) is 0.500. The molecule has 0 bridgehead atoms. The molecule has 0 saturated heterocycles. The van der Waals surface area contributed by atoms with Crippen LogP contribution in [-0.4, -0.2) is 22.5 Å². The minimum Gasteiger partial charge on any atom is -0.481 e. The smallest absolute Gasteiger partial charge is 0.308 e. The molecular formula is C14H20N2O4. The van der Waals surface area contributed by atoms with Crippen LogP contribution in [-0.2, 0) is 4.79 Å².